The molecule has 1 heterocycles. The van der Waals surface area contributed by atoms with Gasteiger partial charge in [0.2, 0.25) is 0 Å². The summed E-state index contributed by atoms with van der Waals surface area (Å²) in [7, 11) is 1.80. The molecule has 0 atom stereocenters. The molecule has 0 radical (unpaired) electrons. The van der Waals surface area contributed by atoms with Crippen LogP contribution in [0.5, 0.6) is 0 Å². The van der Waals surface area contributed by atoms with Gasteiger partial charge in [-0.2, -0.15) is 0 Å². The van der Waals surface area contributed by atoms with Gasteiger partial charge in [-0.05, 0) is 19.2 Å². The molecular weight excluding hydrogens is 226 g/mol. The highest BCUT2D eigenvalue weighted by Gasteiger charge is 2.06. The number of rotatable bonds is 3. The van der Waals surface area contributed by atoms with Gasteiger partial charge < -0.3 is 5.32 Å². The summed E-state index contributed by atoms with van der Waals surface area (Å²) in [4.78, 5) is 11.6. The molecule has 0 amide bonds. The second kappa shape index (κ2) is 4.55. The van der Waals surface area contributed by atoms with E-state index in [0.717, 1.165) is 5.69 Å². The molecule has 0 aliphatic heterocycles. The third-order valence-corrected chi connectivity index (χ3v) is 2.60. The maximum absolute atomic E-state index is 11.6. The molecule has 0 bridgehead atoms. The van der Waals surface area contributed by atoms with Crippen molar-refractivity contribution in [2.75, 3.05) is 7.05 Å². The molecule has 4 nitrogen and oxygen atoms in total. The smallest absolute Gasteiger partial charge is 0.268 e. The Morgan fingerprint density at radius 3 is 2.88 bits per heavy atom. The summed E-state index contributed by atoms with van der Waals surface area (Å²) >= 11 is 6.04. The molecule has 2 aromatic rings. The van der Waals surface area contributed by atoms with E-state index in [1.54, 1.807) is 24.0 Å². The van der Waals surface area contributed by atoms with Gasteiger partial charge in [-0.1, -0.05) is 23.7 Å². The Kier molecular flexibility index (Phi) is 3.12. The van der Waals surface area contributed by atoms with Crippen molar-refractivity contribution in [3.63, 3.8) is 0 Å². The third kappa shape index (κ3) is 2.03. The van der Waals surface area contributed by atoms with Crippen LogP contribution in [0.4, 0.5) is 0 Å². The zero-order valence-corrected chi connectivity index (χ0v) is 9.58. The monoisotopic (exact) mass is 237 g/mol. The Morgan fingerprint density at radius 2 is 2.19 bits per heavy atom. The lowest BCUT2D eigenvalue weighted by atomic mass is 10.3. The molecule has 16 heavy (non-hydrogen) atoms. The van der Waals surface area contributed by atoms with Crippen molar-refractivity contribution >= 4 is 11.6 Å². The fourth-order valence-corrected chi connectivity index (χ4v) is 1.75. The van der Waals surface area contributed by atoms with E-state index in [1.165, 1.54) is 0 Å². The van der Waals surface area contributed by atoms with E-state index in [9.17, 15) is 4.79 Å². The quantitative estimate of drug-likeness (QED) is 0.851. The number of H-pyrrole nitrogens is 1. The molecule has 5 heteroatoms. The molecule has 1 aromatic carbocycles. The molecule has 0 fully saturated rings. The zero-order valence-electron chi connectivity index (χ0n) is 8.83. The fraction of sp³-hybridized carbons (Fsp3) is 0.182. The zero-order chi connectivity index (χ0) is 11.5. The number of hydrogen-bond donors (Lipinski definition) is 2. The number of para-hydroxylation sites is 1. The van der Waals surface area contributed by atoms with Crippen LogP contribution in [0.3, 0.4) is 0 Å². The van der Waals surface area contributed by atoms with E-state index in [-0.39, 0.29) is 5.56 Å². The van der Waals surface area contributed by atoms with E-state index < -0.39 is 0 Å². The van der Waals surface area contributed by atoms with Gasteiger partial charge in [0.1, 0.15) is 0 Å². The van der Waals surface area contributed by atoms with Gasteiger partial charge in [-0.25, -0.2) is 0 Å². The topological polar surface area (TPSA) is 49.8 Å². The van der Waals surface area contributed by atoms with Crippen molar-refractivity contribution in [2.24, 2.45) is 0 Å². The van der Waals surface area contributed by atoms with Crippen LogP contribution in [0.1, 0.15) is 5.56 Å². The minimum Gasteiger partial charge on any atom is -0.315 e. The number of nitrogens with one attached hydrogen (secondary N) is 2. The van der Waals surface area contributed by atoms with E-state index >= 15 is 0 Å². The van der Waals surface area contributed by atoms with Crippen LogP contribution < -0.4 is 10.9 Å². The highest BCUT2D eigenvalue weighted by Crippen LogP contribution is 2.18. The number of halogens is 1. The molecule has 0 saturated heterocycles. The van der Waals surface area contributed by atoms with Crippen LogP contribution in [0.25, 0.3) is 5.69 Å². The average Bonchev–Trinajstić information content (AvgIpc) is 2.61. The molecule has 84 valence electrons. The van der Waals surface area contributed by atoms with Crippen molar-refractivity contribution in [3.8, 4) is 5.69 Å². The first-order valence-corrected chi connectivity index (χ1v) is 5.30. The Balaban J connectivity index is 2.46. The van der Waals surface area contributed by atoms with Gasteiger partial charge in [0.15, 0.2) is 0 Å². The minimum absolute atomic E-state index is 0.103. The Labute approximate surface area is 97.8 Å². The Morgan fingerprint density at radius 1 is 1.44 bits per heavy atom. The fourth-order valence-electron chi connectivity index (χ4n) is 1.52. The van der Waals surface area contributed by atoms with Gasteiger partial charge in [0, 0.05) is 12.7 Å². The number of benzene rings is 1. The summed E-state index contributed by atoms with van der Waals surface area (Å²) in [6.45, 7) is 0.535. The van der Waals surface area contributed by atoms with Gasteiger partial charge in [-0.3, -0.25) is 14.6 Å². The van der Waals surface area contributed by atoms with Crippen molar-refractivity contribution in [1.29, 1.82) is 0 Å². The maximum Gasteiger partial charge on any atom is 0.268 e. The predicted octanol–water partition coefficient (Wildman–Crippen LogP) is 1.54. The lowest BCUT2D eigenvalue weighted by Gasteiger charge is -2.03. The van der Waals surface area contributed by atoms with Crippen LogP contribution in [0.15, 0.2) is 35.3 Å². The van der Waals surface area contributed by atoms with Crippen LogP contribution in [-0.2, 0) is 6.54 Å². The Bertz CT molecular complexity index is 544. The standard InChI is InChI=1S/C11H12ClN3O/c1-13-6-8-7-15(14-11(8)16)10-5-3-2-4-9(10)12/h2-5,7,13H,6H2,1H3,(H,14,16). The van der Waals surface area contributed by atoms with Crippen molar-refractivity contribution in [2.45, 2.75) is 6.54 Å². The summed E-state index contributed by atoms with van der Waals surface area (Å²) in [5.41, 5.74) is 1.35. The van der Waals surface area contributed by atoms with Gasteiger partial charge in [-0.15, -0.1) is 0 Å². The van der Waals surface area contributed by atoms with E-state index in [0.29, 0.717) is 17.1 Å². The maximum atomic E-state index is 11.6. The van der Waals surface area contributed by atoms with Crippen LogP contribution >= 0.6 is 11.6 Å². The summed E-state index contributed by atoms with van der Waals surface area (Å²) in [6, 6.07) is 7.35. The molecule has 0 saturated carbocycles. The largest absolute Gasteiger partial charge is 0.315 e. The number of hydrogen-bond acceptors (Lipinski definition) is 2. The predicted molar refractivity (Wildman–Crippen MR) is 64.2 cm³/mol. The molecule has 0 aliphatic rings. The second-order valence-corrected chi connectivity index (χ2v) is 3.85. The lowest BCUT2D eigenvalue weighted by Crippen LogP contribution is -2.13. The summed E-state index contributed by atoms with van der Waals surface area (Å²) in [5.74, 6) is 0. The van der Waals surface area contributed by atoms with Gasteiger partial charge in [0.25, 0.3) is 5.56 Å². The average molecular weight is 238 g/mol. The second-order valence-electron chi connectivity index (χ2n) is 3.45. The van der Waals surface area contributed by atoms with E-state index in [1.807, 2.05) is 18.2 Å². The molecule has 0 aliphatic carbocycles. The third-order valence-electron chi connectivity index (χ3n) is 2.28. The van der Waals surface area contributed by atoms with Crippen molar-refractivity contribution < 1.29 is 0 Å². The Hall–Kier alpha value is -1.52. The molecule has 0 unspecified atom stereocenters. The molecule has 2 N–H and O–H groups in total. The first kappa shape index (κ1) is 11.0. The minimum atomic E-state index is -0.103. The molecule has 1 aromatic heterocycles. The van der Waals surface area contributed by atoms with Gasteiger partial charge in [0.05, 0.1) is 16.3 Å². The van der Waals surface area contributed by atoms with Crippen molar-refractivity contribution in [3.05, 3.63) is 51.4 Å². The van der Waals surface area contributed by atoms with Gasteiger partial charge >= 0.3 is 0 Å². The van der Waals surface area contributed by atoms with Crippen LogP contribution in [0.2, 0.25) is 5.02 Å². The summed E-state index contributed by atoms with van der Waals surface area (Å²) < 4.78 is 1.64. The molecule has 0 spiro atoms. The molecular formula is C11H12ClN3O. The summed E-state index contributed by atoms with van der Waals surface area (Å²) in [5, 5.41) is 6.26. The normalized spacial score (nSPS) is 10.6. The van der Waals surface area contributed by atoms with Crippen LogP contribution in [-0.4, -0.2) is 16.8 Å². The highest BCUT2D eigenvalue weighted by atomic mass is 35.5. The molecule has 2 rings (SSSR count). The SMILES string of the molecule is CNCc1cn(-c2ccccc2Cl)[nH]c1=O. The lowest BCUT2D eigenvalue weighted by molar-refractivity contribution is 0.812. The first-order chi connectivity index (χ1) is 7.72. The van der Waals surface area contributed by atoms with Crippen molar-refractivity contribution in [1.82, 2.24) is 15.1 Å². The van der Waals surface area contributed by atoms with Crippen LogP contribution in [0, 0.1) is 0 Å². The highest BCUT2D eigenvalue weighted by molar-refractivity contribution is 6.32. The van der Waals surface area contributed by atoms with E-state index in [4.69, 9.17) is 11.6 Å². The summed E-state index contributed by atoms with van der Waals surface area (Å²) in [6.07, 6.45) is 1.75. The first-order valence-electron chi connectivity index (χ1n) is 4.92. The number of aromatic nitrogens is 2. The number of nitrogens with zero attached hydrogens (tertiary/aromatic N) is 1. The number of aromatic amines is 1. The van der Waals surface area contributed by atoms with E-state index in [2.05, 4.69) is 10.4 Å².